The monoisotopic (exact) mass is 209 g/mol. The van der Waals surface area contributed by atoms with Crippen molar-refractivity contribution in [1.29, 1.82) is 0 Å². The minimum atomic E-state index is -0.348. The fourth-order valence-electron chi connectivity index (χ4n) is 1.42. The molecule has 0 heterocycles. The quantitative estimate of drug-likeness (QED) is 0.713. The molecule has 0 fully saturated rings. The minimum Gasteiger partial charge on any atom is -0.369 e. The fraction of sp³-hybridized carbons (Fsp3) is 0.417. The number of nitrogens with zero attached hydrogens (tertiary/aromatic N) is 1. The molecule has 0 aromatic heterocycles. The van der Waals surface area contributed by atoms with Gasteiger partial charge in [-0.2, -0.15) is 0 Å². The molecule has 1 aromatic carbocycles. The van der Waals surface area contributed by atoms with Crippen LogP contribution in [0.5, 0.6) is 0 Å². The van der Waals surface area contributed by atoms with E-state index in [-0.39, 0.29) is 17.6 Å². The van der Waals surface area contributed by atoms with Gasteiger partial charge >= 0.3 is 0 Å². The van der Waals surface area contributed by atoms with Crippen LogP contribution in [0, 0.1) is 5.82 Å². The lowest BCUT2D eigenvalue weighted by atomic mass is 10.1. The zero-order valence-electron chi connectivity index (χ0n) is 9.54. The first-order valence-corrected chi connectivity index (χ1v) is 4.97. The number of carbonyl (C=O) groups excluding carboxylic acids is 1. The summed E-state index contributed by atoms with van der Waals surface area (Å²) in [7, 11) is 1.79. The Labute approximate surface area is 89.7 Å². The van der Waals surface area contributed by atoms with Crippen LogP contribution < -0.4 is 4.90 Å². The molecule has 0 radical (unpaired) electrons. The minimum absolute atomic E-state index is 0.114. The first-order valence-electron chi connectivity index (χ1n) is 4.97. The summed E-state index contributed by atoms with van der Waals surface area (Å²) in [6, 6.07) is 4.74. The Kier molecular flexibility index (Phi) is 3.45. The molecule has 0 saturated carbocycles. The molecule has 0 atom stereocenters. The van der Waals surface area contributed by atoms with Crippen molar-refractivity contribution in [2.24, 2.45) is 0 Å². The van der Waals surface area contributed by atoms with E-state index in [0.717, 1.165) is 0 Å². The summed E-state index contributed by atoms with van der Waals surface area (Å²) in [6.45, 7) is 5.36. The zero-order chi connectivity index (χ0) is 11.6. The number of halogens is 1. The van der Waals surface area contributed by atoms with E-state index in [2.05, 4.69) is 0 Å². The molecule has 0 amide bonds. The molecule has 0 aliphatic rings. The molecular formula is C12H16FNO. The molecule has 0 spiro atoms. The lowest BCUT2D eigenvalue weighted by molar-refractivity contribution is 0.101. The number of ketones is 1. The molecule has 0 aliphatic carbocycles. The third-order valence-electron chi connectivity index (χ3n) is 2.49. The molecule has 1 rings (SSSR count). The van der Waals surface area contributed by atoms with Gasteiger partial charge in [-0.25, -0.2) is 4.39 Å². The Morgan fingerprint density at radius 1 is 1.40 bits per heavy atom. The van der Waals surface area contributed by atoms with Crippen LogP contribution in [0.3, 0.4) is 0 Å². The van der Waals surface area contributed by atoms with Gasteiger partial charge in [0.05, 0.1) is 5.69 Å². The van der Waals surface area contributed by atoms with Gasteiger partial charge in [0, 0.05) is 18.7 Å². The molecule has 0 bridgehead atoms. The SMILES string of the molecule is CC(=O)c1cccc(F)c1N(C)C(C)C. The number of anilines is 1. The molecule has 1 aromatic rings. The summed E-state index contributed by atoms with van der Waals surface area (Å²) >= 11 is 0. The summed E-state index contributed by atoms with van der Waals surface area (Å²) < 4.78 is 13.6. The predicted octanol–water partition coefficient (Wildman–Crippen LogP) is 2.87. The van der Waals surface area contributed by atoms with Crippen molar-refractivity contribution in [3.63, 3.8) is 0 Å². The van der Waals surface area contributed by atoms with Gasteiger partial charge < -0.3 is 4.90 Å². The number of hydrogen-bond acceptors (Lipinski definition) is 2. The first kappa shape index (κ1) is 11.7. The van der Waals surface area contributed by atoms with Crippen LogP contribution in [-0.4, -0.2) is 18.9 Å². The van der Waals surface area contributed by atoms with E-state index in [1.165, 1.54) is 13.0 Å². The standard InChI is InChI=1S/C12H16FNO/c1-8(2)14(4)12-10(9(3)15)6-5-7-11(12)13/h5-8H,1-4H3. The molecular weight excluding hydrogens is 193 g/mol. The first-order chi connectivity index (χ1) is 6.95. The van der Waals surface area contributed by atoms with Crippen molar-refractivity contribution >= 4 is 11.5 Å². The Hall–Kier alpha value is -1.38. The maximum atomic E-state index is 13.6. The highest BCUT2D eigenvalue weighted by Crippen LogP contribution is 2.25. The molecule has 0 saturated heterocycles. The van der Waals surface area contributed by atoms with E-state index in [0.29, 0.717) is 11.3 Å². The third kappa shape index (κ3) is 2.35. The molecule has 15 heavy (non-hydrogen) atoms. The number of hydrogen-bond donors (Lipinski definition) is 0. The number of para-hydroxylation sites is 1. The van der Waals surface area contributed by atoms with Crippen molar-refractivity contribution in [1.82, 2.24) is 0 Å². The van der Waals surface area contributed by atoms with Crippen molar-refractivity contribution in [3.05, 3.63) is 29.6 Å². The topological polar surface area (TPSA) is 20.3 Å². The summed E-state index contributed by atoms with van der Waals surface area (Å²) in [5.74, 6) is -0.462. The van der Waals surface area contributed by atoms with Crippen molar-refractivity contribution in [3.8, 4) is 0 Å². The lowest BCUT2D eigenvalue weighted by Crippen LogP contribution is -2.28. The van der Waals surface area contributed by atoms with Crippen LogP contribution in [0.15, 0.2) is 18.2 Å². The van der Waals surface area contributed by atoms with Crippen molar-refractivity contribution in [2.75, 3.05) is 11.9 Å². The molecule has 82 valence electrons. The van der Waals surface area contributed by atoms with Gasteiger partial charge in [-0.3, -0.25) is 4.79 Å². The molecule has 0 aliphatic heterocycles. The molecule has 0 N–H and O–H groups in total. The summed E-state index contributed by atoms with van der Waals surface area (Å²) in [4.78, 5) is 13.1. The van der Waals surface area contributed by atoms with Gasteiger partial charge in [0.1, 0.15) is 5.82 Å². The van der Waals surface area contributed by atoms with Crippen LogP contribution in [0.1, 0.15) is 31.1 Å². The number of benzene rings is 1. The average molecular weight is 209 g/mol. The predicted molar refractivity (Wildman–Crippen MR) is 59.9 cm³/mol. The van der Waals surface area contributed by atoms with Gasteiger partial charge in [0.25, 0.3) is 0 Å². The van der Waals surface area contributed by atoms with Crippen LogP contribution >= 0.6 is 0 Å². The second-order valence-corrected chi connectivity index (χ2v) is 3.90. The maximum Gasteiger partial charge on any atom is 0.161 e. The van der Waals surface area contributed by atoms with E-state index >= 15 is 0 Å². The Bertz CT molecular complexity index is 374. The fourth-order valence-corrected chi connectivity index (χ4v) is 1.42. The smallest absolute Gasteiger partial charge is 0.161 e. The van der Waals surface area contributed by atoms with Gasteiger partial charge in [-0.1, -0.05) is 6.07 Å². The van der Waals surface area contributed by atoms with Gasteiger partial charge in [-0.15, -0.1) is 0 Å². The zero-order valence-corrected chi connectivity index (χ0v) is 9.54. The number of rotatable bonds is 3. The third-order valence-corrected chi connectivity index (χ3v) is 2.49. The second kappa shape index (κ2) is 4.43. The highest BCUT2D eigenvalue weighted by Gasteiger charge is 2.17. The number of Topliss-reactive ketones (excluding diaryl/α,β-unsaturated/α-hetero) is 1. The van der Waals surface area contributed by atoms with E-state index in [1.807, 2.05) is 13.8 Å². The molecule has 3 heteroatoms. The number of carbonyl (C=O) groups is 1. The average Bonchev–Trinajstić information content (AvgIpc) is 2.16. The van der Waals surface area contributed by atoms with Gasteiger partial charge in [-0.05, 0) is 32.9 Å². The summed E-state index contributed by atoms with van der Waals surface area (Å²) in [5, 5.41) is 0. The van der Waals surface area contributed by atoms with Crippen LogP contribution in [-0.2, 0) is 0 Å². The van der Waals surface area contributed by atoms with Crippen molar-refractivity contribution < 1.29 is 9.18 Å². The van der Waals surface area contributed by atoms with E-state index in [1.54, 1.807) is 24.1 Å². The van der Waals surface area contributed by atoms with Gasteiger partial charge in [0.15, 0.2) is 5.78 Å². The van der Waals surface area contributed by atoms with Gasteiger partial charge in [0.2, 0.25) is 0 Å². The van der Waals surface area contributed by atoms with Crippen molar-refractivity contribution in [2.45, 2.75) is 26.8 Å². The Morgan fingerprint density at radius 3 is 2.47 bits per heavy atom. The highest BCUT2D eigenvalue weighted by molar-refractivity contribution is 5.99. The highest BCUT2D eigenvalue weighted by atomic mass is 19.1. The second-order valence-electron chi connectivity index (χ2n) is 3.90. The van der Waals surface area contributed by atoms with E-state index in [4.69, 9.17) is 0 Å². The van der Waals surface area contributed by atoms with E-state index < -0.39 is 0 Å². The largest absolute Gasteiger partial charge is 0.369 e. The van der Waals surface area contributed by atoms with Crippen LogP contribution in [0.4, 0.5) is 10.1 Å². The Morgan fingerprint density at radius 2 is 2.00 bits per heavy atom. The summed E-state index contributed by atoms with van der Waals surface area (Å²) in [6.07, 6.45) is 0. The molecule has 0 unspecified atom stereocenters. The van der Waals surface area contributed by atoms with Crippen LogP contribution in [0.25, 0.3) is 0 Å². The Balaban J connectivity index is 3.30. The summed E-state index contributed by atoms with van der Waals surface area (Å²) in [5.41, 5.74) is 0.825. The lowest BCUT2D eigenvalue weighted by Gasteiger charge is -2.26. The van der Waals surface area contributed by atoms with Crippen LogP contribution in [0.2, 0.25) is 0 Å². The maximum absolute atomic E-state index is 13.6. The molecule has 2 nitrogen and oxygen atoms in total. The van der Waals surface area contributed by atoms with E-state index in [9.17, 15) is 9.18 Å². The normalized spacial score (nSPS) is 10.5.